The van der Waals surface area contributed by atoms with Crippen LogP contribution in [0.15, 0.2) is 36.5 Å². The molecule has 2 aromatic rings. The second kappa shape index (κ2) is 4.18. The van der Waals surface area contributed by atoms with Crippen LogP contribution in [0.1, 0.15) is 10.6 Å². The molecule has 1 aromatic carbocycles. The maximum atomic E-state index is 11.4. The molecule has 4 nitrogen and oxygen atoms in total. The lowest BCUT2D eigenvalue weighted by Gasteiger charge is -2.04. The van der Waals surface area contributed by atoms with Gasteiger partial charge < -0.3 is 9.30 Å². The monoisotopic (exact) mass is 216 g/mol. The molecular formula is C12H12N2O2. The second-order valence-electron chi connectivity index (χ2n) is 3.38. The molecule has 0 aliphatic rings. The lowest BCUT2D eigenvalue weighted by atomic mass is 10.2. The molecule has 0 aliphatic heterocycles. The Balaban J connectivity index is 2.45. The molecule has 0 atom stereocenters. The van der Waals surface area contributed by atoms with Crippen LogP contribution in [-0.4, -0.2) is 22.6 Å². The molecule has 0 aliphatic carbocycles. The second-order valence-corrected chi connectivity index (χ2v) is 3.38. The van der Waals surface area contributed by atoms with Gasteiger partial charge in [-0.2, -0.15) is 0 Å². The Kier molecular flexibility index (Phi) is 2.72. The van der Waals surface area contributed by atoms with Gasteiger partial charge in [0.25, 0.3) is 0 Å². The Labute approximate surface area is 93.5 Å². The summed E-state index contributed by atoms with van der Waals surface area (Å²) in [5.41, 5.74) is 1.91. The third kappa shape index (κ3) is 1.69. The first-order valence-electron chi connectivity index (χ1n) is 4.89. The van der Waals surface area contributed by atoms with Crippen LogP contribution < -0.4 is 0 Å². The molecule has 0 spiro atoms. The molecule has 82 valence electrons. The van der Waals surface area contributed by atoms with Crippen molar-refractivity contribution in [1.82, 2.24) is 9.55 Å². The maximum absolute atomic E-state index is 11.4. The van der Waals surface area contributed by atoms with Crippen molar-refractivity contribution >= 4 is 5.97 Å². The number of nitrogens with zero attached hydrogens (tertiary/aromatic N) is 2. The van der Waals surface area contributed by atoms with Crippen molar-refractivity contribution < 1.29 is 9.53 Å². The average Bonchev–Trinajstić information content (AvgIpc) is 2.71. The molecular weight excluding hydrogens is 204 g/mol. The smallest absolute Gasteiger partial charge is 0.374 e. The van der Waals surface area contributed by atoms with Gasteiger partial charge in [-0.3, -0.25) is 0 Å². The summed E-state index contributed by atoms with van der Waals surface area (Å²) in [6.07, 6.45) is 1.67. The number of rotatable bonds is 2. The van der Waals surface area contributed by atoms with Crippen molar-refractivity contribution in [3.8, 4) is 11.3 Å². The number of imidazole rings is 1. The SMILES string of the molecule is COC(=O)c1ncc(-c2ccccc2)n1C. The highest BCUT2D eigenvalue weighted by Gasteiger charge is 2.15. The van der Waals surface area contributed by atoms with Crippen molar-refractivity contribution in [1.29, 1.82) is 0 Å². The molecule has 0 amide bonds. The fourth-order valence-electron chi connectivity index (χ4n) is 1.57. The van der Waals surface area contributed by atoms with Gasteiger partial charge in [0.15, 0.2) is 0 Å². The minimum absolute atomic E-state index is 0.307. The number of methoxy groups -OCH3 is 1. The number of carbonyl (C=O) groups excluding carboxylic acids is 1. The average molecular weight is 216 g/mol. The number of hydrogen-bond donors (Lipinski definition) is 0. The Bertz CT molecular complexity index is 503. The van der Waals surface area contributed by atoms with Gasteiger partial charge in [-0.1, -0.05) is 30.3 Å². The van der Waals surface area contributed by atoms with Crippen LogP contribution in [0.25, 0.3) is 11.3 Å². The summed E-state index contributed by atoms with van der Waals surface area (Å²) in [5.74, 6) is -0.119. The zero-order valence-corrected chi connectivity index (χ0v) is 9.18. The van der Waals surface area contributed by atoms with E-state index in [1.165, 1.54) is 7.11 Å². The fraction of sp³-hybridized carbons (Fsp3) is 0.167. The van der Waals surface area contributed by atoms with Gasteiger partial charge in [-0.25, -0.2) is 9.78 Å². The van der Waals surface area contributed by atoms with Gasteiger partial charge in [0, 0.05) is 7.05 Å². The molecule has 0 N–H and O–H groups in total. The topological polar surface area (TPSA) is 44.1 Å². The molecule has 0 fully saturated rings. The van der Waals surface area contributed by atoms with E-state index in [4.69, 9.17) is 0 Å². The van der Waals surface area contributed by atoms with Crippen molar-refractivity contribution in [3.05, 3.63) is 42.4 Å². The maximum Gasteiger partial charge on any atom is 0.374 e. The number of ether oxygens (including phenoxy) is 1. The first-order valence-corrected chi connectivity index (χ1v) is 4.89. The fourth-order valence-corrected chi connectivity index (χ4v) is 1.57. The molecule has 1 aromatic heterocycles. The van der Waals surface area contributed by atoms with Crippen LogP contribution >= 0.6 is 0 Å². The van der Waals surface area contributed by atoms with E-state index in [0.29, 0.717) is 5.82 Å². The van der Waals surface area contributed by atoms with Gasteiger partial charge in [-0.15, -0.1) is 0 Å². The van der Waals surface area contributed by atoms with Crippen molar-refractivity contribution in [3.63, 3.8) is 0 Å². The summed E-state index contributed by atoms with van der Waals surface area (Å²) in [6.45, 7) is 0. The largest absolute Gasteiger partial charge is 0.463 e. The van der Waals surface area contributed by atoms with E-state index in [2.05, 4.69) is 9.72 Å². The number of hydrogen-bond acceptors (Lipinski definition) is 3. The van der Waals surface area contributed by atoms with Gasteiger partial charge >= 0.3 is 5.97 Å². The summed E-state index contributed by atoms with van der Waals surface area (Å²) >= 11 is 0. The van der Waals surface area contributed by atoms with E-state index in [9.17, 15) is 4.79 Å². The number of esters is 1. The quantitative estimate of drug-likeness (QED) is 0.720. The van der Waals surface area contributed by atoms with E-state index in [1.54, 1.807) is 17.8 Å². The minimum atomic E-state index is -0.426. The van der Waals surface area contributed by atoms with Crippen molar-refractivity contribution in [2.24, 2.45) is 7.05 Å². The first-order chi connectivity index (χ1) is 7.74. The standard InChI is InChI=1S/C12H12N2O2/c1-14-10(9-6-4-3-5-7-9)8-13-11(14)12(15)16-2/h3-8H,1-2H3. The van der Waals surface area contributed by atoms with Gasteiger partial charge in [0.2, 0.25) is 5.82 Å². The summed E-state index contributed by atoms with van der Waals surface area (Å²) in [6, 6.07) is 9.78. The van der Waals surface area contributed by atoms with E-state index >= 15 is 0 Å². The number of carbonyl (C=O) groups is 1. The van der Waals surface area contributed by atoms with E-state index in [0.717, 1.165) is 11.3 Å². The predicted molar refractivity (Wildman–Crippen MR) is 60.0 cm³/mol. The lowest BCUT2D eigenvalue weighted by molar-refractivity contribution is 0.0583. The molecule has 0 bridgehead atoms. The Morgan fingerprint density at radius 2 is 2.00 bits per heavy atom. The Morgan fingerprint density at radius 3 is 2.62 bits per heavy atom. The molecule has 0 unspecified atom stereocenters. The molecule has 4 heteroatoms. The van der Waals surface area contributed by atoms with Gasteiger partial charge in [-0.05, 0) is 5.56 Å². The first kappa shape index (κ1) is 10.4. The van der Waals surface area contributed by atoms with Crippen molar-refractivity contribution in [2.45, 2.75) is 0 Å². The zero-order valence-electron chi connectivity index (χ0n) is 9.18. The molecule has 0 radical (unpaired) electrons. The minimum Gasteiger partial charge on any atom is -0.463 e. The summed E-state index contributed by atoms with van der Waals surface area (Å²) in [7, 11) is 3.14. The molecule has 2 rings (SSSR count). The number of aromatic nitrogens is 2. The third-order valence-electron chi connectivity index (χ3n) is 2.43. The molecule has 1 heterocycles. The Morgan fingerprint density at radius 1 is 1.31 bits per heavy atom. The lowest BCUT2D eigenvalue weighted by Crippen LogP contribution is -2.09. The van der Waals surface area contributed by atoms with Crippen LogP contribution in [0.4, 0.5) is 0 Å². The van der Waals surface area contributed by atoms with Crippen molar-refractivity contribution in [2.75, 3.05) is 7.11 Å². The summed E-state index contributed by atoms with van der Waals surface area (Å²) in [4.78, 5) is 15.4. The molecule has 16 heavy (non-hydrogen) atoms. The summed E-state index contributed by atoms with van der Waals surface area (Å²) < 4.78 is 6.37. The van der Waals surface area contributed by atoms with Crippen LogP contribution in [0.2, 0.25) is 0 Å². The highest BCUT2D eigenvalue weighted by atomic mass is 16.5. The van der Waals surface area contributed by atoms with Gasteiger partial charge in [0.1, 0.15) is 0 Å². The van der Waals surface area contributed by atoms with Crippen LogP contribution in [-0.2, 0) is 11.8 Å². The summed E-state index contributed by atoms with van der Waals surface area (Å²) in [5, 5.41) is 0. The zero-order chi connectivity index (χ0) is 11.5. The highest BCUT2D eigenvalue weighted by molar-refractivity contribution is 5.86. The highest BCUT2D eigenvalue weighted by Crippen LogP contribution is 2.19. The normalized spacial score (nSPS) is 10.1. The Hall–Kier alpha value is -2.10. The third-order valence-corrected chi connectivity index (χ3v) is 2.43. The predicted octanol–water partition coefficient (Wildman–Crippen LogP) is 1.87. The van der Waals surface area contributed by atoms with Crippen LogP contribution in [0.5, 0.6) is 0 Å². The van der Waals surface area contributed by atoms with E-state index in [-0.39, 0.29) is 0 Å². The molecule has 0 saturated carbocycles. The van der Waals surface area contributed by atoms with E-state index < -0.39 is 5.97 Å². The van der Waals surface area contributed by atoms with Gasteiger partial charge in [0.05, 0.1) is 19.0 Å². The van der Waals surface area contributed by atoms with E-state index in [1.807, 2.05) is 30.3 Å². The number of benzene rings is 1. The molecule has 0 saturated heterocycles. The van der Waals surface area contributed by atoms with Crippen LogP contribution in [0, 0.1) is 0 Å². The van der Waals surface area contributed by atoms with Crippen LogP contribution in [0.3, 0.4) is 0 Å².